The van der Waals surface area contributed by atoms with Crippen LogP contribution in [0.4, 0.5) is 0 Å². The molecular weight excluding hydrogens is 430 g/mol. The molecule has 1 aromatic rings. The molecule has 0 aromatic heterocycles. The summed E-state index contributed by atoms with van der Waals surface area (Å²) < 4.78 is 18.0. The third-order valence-electron chi connectivity index (χ3n) is 5.37. The van der Waals surface area contributed by atoms with Crippen molar-refractivity contribution in [2.75, 3.05) is 25.6 Å². The topological polar surface area (TPSA) is 94.1 Å². The van der Waals surface area contributed by atoms with Crippen molar-refractivity contribution in [1.29, 1.82) is 0 Å². The third kappa shape index (κ3) is 7.56. The van der Waals surface area contributed by atoms with Gasteiger partial charge in [-0.1, -0.05) is 51.8 Å². The number of hydrogen-bond donors (Lipinski definition) is 2. The second kappa shape index (κ2) is 14.6. The average molecular weight is 468 g/mol. The van der Waals surface area contributed by atoms with Gasteiger partial charge < -0.3 is 24.6 Å². The average Bonchev–Trinajstić information content (AvgIpc) is 2.81. The van der Waals surface area contributed by atoms with Crippen LogP contribution in [0.15, 0.2) is 24.3 Å². The fourth-order valence-electron chi connectivity index (χ4n) is 3.56. The molecule has 2 N–H and O–H groups in total. The number of hydrogen-bond acceptors (Lipinski definition) is 7. The molecule has 1 fully saturated rings. The molecule has 1 aliphatic rings. The Morgan fingerprint density at radius 1 is 1.19 bits per heavy atom. The molecule has 5 atom stereocenters. The van der Waals surface area contributed by atoms with Gasteiger partial charge >= 0.3 is 0 Å². The summed E-state index contributed by atoms with van der Waals surface area (Å²) in [6, 6.07) is 6.06. The van der Waals surface area contributed by atoms with Crippen molar-refractivity contribution >= 4 is 24.0 Å². The molecule has 1 heterocycles. The second-order valence-electron chi connectivity index (χ2n) is 7.81. The van der Waals surface area contributed by atoms with E-state index in [-0.39, 0.29) is 12.2 Å². The standard InChI is InChI=1S/C24H37NO6S/c1-4-7-13-29-16-19-21(27)22(30-14-8-5-2)20(24(31-19)32-6-3)25-23(28)18-12-10-9-11-17(18)15-26/h9-12,15,19-22,24,27H,4-8,13-14,16H2,1-3H3,(H,25,28). The Bertz CT molecular complexity index is 703. The predicted octanol–water partition coefficient (Wildman–Crippen LogP) is 3.44. The van der Waals surface area contributed by atoms with Gasteiger partial charge in [0.15, 0.2) is 6.29 Å². The lowest BCUT2D eigenvalue weighted by molar-refractivity contribution is -0.190. The van der Waals surface area contributed by atoms with E-state index in [1.54, 1.807) is 36.0 Å². The maximum absolute atomic E-state index is 13.1. The molecule has 1 aliphatic heterocycles. The summed E-state index contributed by atoms with van der Waals surface area (Å²) in [4.78, 5) is 24.4. The number of amides is 1. The summed E-state index contributed by atoms with van der Waals surface area (Å²) in [7, 11) is 0. The number of aliphatic hydroxyl groups is 1. The van der Waals surface area contributed by atoms with Crippen LogP contribution < -0.4 is 5.32 Å². The van der Waals surface area contributed by atoms with E-state index >= 15 is 0 Å². The molecule has 0 spiro atoms. The largest absolute Gasteiger partial charge is 0.388 e. The highest BCUT2D eigenvalue weighted by Crippen LogP contribution is 2.31. The van der Waals surface area contributed by atoms with Gasteiger partial charge in [-0.2, -0.15) is 0 Å². The molecule has 5 unspecified atom stereocenters. The highest BCUT2D eigenvalue weighted by molar-refractivity contribution is 7.99. The molecule has 2 rings (SSSR count). The summed E-state index contributed by atoms with van der Waals surface area (Å²) in [6.07, 6.45) is 2.31. The van der Waals surface area contributed by atoms with E-state index < -0.39 is 35.7 Å². The van der Waals surface area contributed by atoms with Gasteiger partial charge in [-0.15, -0.1) is 11.8 Å². The molecule has 180 valence electrons. The number of carbonyl (C=O) groups is 2. The van der Waals surface area contributed by atoms with Gasteiger partial charge in [0, 0.05) is 24.3 Å². The van der Waals surface area contributed by atoms with Crippen LogP contribution in [0.25, 0.3) is 0 Å². The number of rotatable bonds is 14. The Kier molecular flexibility index (Phi) is 12.3. The SMILES string of the molecule is CCCCOCC1OC(SCC)C(NC(=O)c2ccccc2C=O)C(OCCCC)C1O. The Morgan fingerprint density at radius 2 is 1.91 bits per heavy atom. The molecule has 1 amide bonds. The maximum Gasteiger partial charge on any atom is 0.252 e. The van der Waals surface area contributed by atoms with Crippen LogP contribution in [0.5, 0.6) is 0 Å². The lowest BCUT2D eigenvalue weighted by atomic mass is 9.97. The van der Waals surface area contributed by atoms with E-state index in [4.69, 9.17) is 14.2 Å². The van der Waals surface area contributed by atoms with E-state index in [2.05, 4.69) is 19.2 Å². The van der Waals surface area contributed by atoms with Crippen molar-refractivity contribution in [1.82, 2.24) is 5.32 Å². The van der Waals surface area contributed by atoms with E-state index in [1.807, 2.05) is 6.92 Å². The van der Waals surface area contributed by atoms with Crippen LogP contribution >= 0.6 is 11.8 Å². The van der Waals surface area contributed by atoms with Crippen LogP contribution in [0, 0.1) is 0 Å². The maximum atomic E-state index is 13.1. The highest BCUT2D eigenvalue weighted by Gasteiger charge is 2.46. The molecule has 0 radical (unpaired) electrons. The van der Waals surface area contributed by atoms with Crippen LogP contribution in [-0.2, 0) is 14.2 Å². The van der Waals surface area contributed by atoms with Crippen molar-refractivity contribution in [2.45, 2.75) is 76.2 Å². The van der Waals surface area contributed by atoms with E-state index in [9.17, 15) is 14.7 Å². The molecule has 0 bridgehead atoms. The summed E-state index contributed by atoms with van der Waals surface area (Å²) in [5.74, 6) is 0.375. The van der Waals surface area contributed by atoms with Gasteiger partial charge in [-0.05, 0) is 24.7 Å². The van der Waals surface area contributed by atoms with Crippen LogP contribution in [0.1, 0.15) is 67.2 Å². The second-order valence-corrected chi connectivity index (χ2v) is 9.19. The molecule has 32 heavy (non-hydrogen) atoms. The minimum absolute atomic E-state index is 0.268. The number of aliphatic hydroxyl groups excluding tert-OH is 1. The van der Waals surface area contributed by atoms with Crippen LogP contribution in [-0.4, -0.2) is 72.7 Å². The number of aldehydes is 1. The number of thioether (sulfide) groups is 1. The van der Waals surface area contributed by atoms with Crippen molar-refractivity contribution in [3.63, 3.8) is 0 Å². The minimum atomic E-state index is -0.950. The fourth-order valence-corrected chi connectivity index (χ4v) is 4.54. The van der Waals surface area contributed by atoms with Crippen molar-refractivity contribution in [2.24, 2.45) is 0 Å². The molecule has 1 saturated heterocycles. The summed E-state index contributed by atoms with van der Waals surface area (Å²) in [5, 5.41) is 14.1. The number of carbonyl (C=O) groups excluding carboxylic acids is 2. The first-order valence-corrected chi connectivity index (χ1v) is 12.6. The van der Waals surface area contributed by atoms with Crippen LogP contribution in [0.3, 0.4) is 0 Å². The minimum Gasteiger partial charge on any atom is -0.388 e. The molecule has 7 nitrogen and oxygen atoms in total. The number of ether oxygens (including phenoxy) is 3. The first-order valence-electron chi connectivity index (χ1n) is 11.6. The Labute approximate surface area is 195 Å². The smallest absolute Gasteiger partial charge is 0.252 e. The Balaban J connectivity index is 2.22. The monoisotopic (exact) mass is 467 g/mol. The lowest BCUT2D eigenvalue weighted by Gasteiger charge is -2.44. The zero-order valence-electron chi connectivity index (χ0n) is 19.3. The van der Waals surface area contributed by atoms with Gasteiger partial charge in [0.05, 0.1) is 12.6 Å². The summed E-state index contributed by atoms with van der Waals surface area (Å²) in [6.45, 7) is 7.53. The van der Waals surface area contributed by atoms with Gasteiger partial charge in [-0.3, -0.25) is 9.59 Å². The first kappa shape index (κ1) is 26.8. The zero-order chi connectivity index (χ0) is 23.3. The summed E-state index contributed by atoms with van der Waals surface area (Å²) in [5.41, 5.74) is 0.185. The molecular formula is C24H37NO6S. The number of nitrogens with one attached hydrogen (secondary N) is 1. The van der Waals surface area contributed by atoms with Crippen molar-refractivity contribution in [3.05, 3.63) is 35.4 Å². The lowest BCUT2D eigenvalue weighted by Crippen LogP contribution is -2.64. The molecule has 0 saturated carbocycles. The van der Waals surface area contributed by atoms with Gasteiger partial charge in [0.1, 0.15) is 23.7 Å². The fraction of sp³-hybridized carbons (Fsp3) is 0.667. The van der Waals surface area contributed by atoms with Gasteiger partial charge in [0.2, 0.25) is 0 Å². The Morgan fingerprint density at radius 3 is 2.59 bits per heavy atom. The van der Waals surface area contributed by atoms with Crippen molar-refractivity contribution in [3.8, 4) is 0 Å². The zero-order valence-corrected chi connectivity index (χ0v) is 20.1. The normalized spacial score (nSPS) is 25.4. The predicted molar refractivity (Wildman–Crippen MR) is 126 cm³/mol. The van der Waals surface area contributed by atoms with Crippen molar-refractivity contribution < 1.29 is 28.9 Å². The van der Waals surface area contributed by atoms with E-state index in [0.717, 1.165) is 31.4 Å². The highest BCUT2D eigenvalue weighted by atomic mass is 32.2. The summed E-state index contributed by atoms with van der Waals surface area (Å²) >= 11 is 1.55. The molecule has 1 aromatic carbocycles. The number of unbranched alkanes of at least 4 members (excludes halogenated alkanes) is 2. The third-order valence-corrected chi connectivity index (χ3v) is 6.43. The Hall–Kier alpha value is -1.45. The van der Waals surface area contributed by atoms with Crippen LogP contribution in [0.2, 0.25) is 0 Å². The molecule has 8 heteroatoms. The number of benzene rings is 1. The molecule has 0 aliphatic carbocycles. The van der Waals surface area contributed by atoms with E-state index in [1.165, 1.54) is 0 Å². The van der Waals surface area contributed by atoms with E-state index in [0.29, 0.717) is 25.1 Å². The van der Waals surface area contributed by atoms with Gasteiger partial charge in [-0.25, -0.2) is 0 Å². The first-order chi connectivity index (χ1) is 15.6. The quantitative estimate of drug-likeness (QED) is 0.320. The van der Waals surface area contributed by atoms with Gasteiger partial charge in [0.25, 0.3) is 5.91 Å².